The smallest absolute Gasteiger partial charge is 0.239 e. The molecule has 1 aromatic heterocycles. The molecule has 4 N–H and O–H groups in total. The average molecular weight is 366 g/mol. The first-order valence-corrected chi connectivity index (χ1v) is 10.0. The van der Waals surface area contributed by atoms with Gasteiger partial charge in [0.25, 0.3) is 0 Å². The molecule has 2 heterocycles. The number of pyridine rings is 1. The van der Waals surface area contributed by atoms with E-state index in [0.717, 1.165) is 42.1 Å². The molecule has 0 bridgehead atoms. The van der Waals surface area contributed by atoms with Crippen LogP contribution in [0, 0.1) is 11.8 Å². The highest BCUT2D eigenvalue weighted by Crippen LogP contribution is 2.39. The van der Waals surface area contributed by atoms with Gasteiger partial charge in [-0.1, -0.05) is 24.6 Å². The molecular weight excluding hydrogens is 340 g/mol. The van der Waals surface area contributed by atoms with Crippen molar-refractivity contribution in [3.63, 3.8) is 0 Å². The molecule has 1 aromatic carbocycles. The van der Waals surface area contributed by atoms with Crippen molar-refractivity contribution < 1.29 is 9.90 Å². The fraction of sp³-hybridized carbons (Fsp3) is 0.524. The van der Waals surface area contributed by atoms with E-state index < -0.39 is 0 Å². The van der Waals surface area contributed by atoms with Gasteiger partial charge in [0, 0.05) is 23.5 Å². The minimum Gasteiger partial charge on any atom is -0.393 e. The summed E-state index contributed by atoms with van der Waals surface area (Å²) in [5.41, 5.74) is 8.46. The van der Waals surface area contributed by atoms with Crippen molar-refractivity contribution in [2.75, 3.05) is 0 Å². The van der Waals surface area contributed by atoms with Gasteiger partial charge in [-0.15, -0.1) is 0 Å². The number of hydrogen-bond donors (Lipinski definition) is 4. The van der Waals surface area contributed by atoms with Crippen molar-refractivity contribution in [3.05, 3.63) is 42.1 Å². The van der Waals surface area contributed by atoms with Crippen LogP contribution in [-0.2, 0) is 4.79 Å². The topological polar surface area (TPSA) is 86.3 Å². The van der Waals surface area contributed by atoms with Gasteiger partial charge in [0.1, 0.15) is 6.04 Å². The zero-order chi connectivity index (χ0) is 18.4. The van der Waals surface area contributed by atoms with Gasteiger partial charge < -0.3 is 10.4 Å². The summed E-state index contributed by atoms with van der Waals surface area (Å²) in [4.78, 5) is 17.6. The highest BCUT2D eigenvalue weighted by molar-refractivity contribution is 5.83. The van der Waals surface area contributed by atoms with Gasteiger partial charge in [0.05, 0.1) is 17.7 Å². The Bertz CT molecular complexity index is 851. The van der Waals surface area contributed by atoms with Crippen LogP contribution in [0.1, 0.15) is 43.7 Å². The summed E-state index contributed by atoms with van der Waals surface area (Å²) in [5, 5.41) is 14.2. The van der Waals surface area contributed by atoms with Crippen LogP contribution in [0.4, 0.5) is 0 Å². The standard InChI is InChI=1S/C21H26N4O2/c26-15-9-13(10-15)19(14-8-12-4-1-2-6-17(12)22-11-14)23-21(27)20-16-5-3-7-18(16)24-25-20/h1-2,4,6,8,11,13,15-16,18-20,24-26H,3,5,7,9-10H2,(H,23,27). The number of nitrogens with one attached hydrogen (secondary N) is 3. The Balaban J connectivity index is 1.39. The van der Waals surface area contributed by atoms with Crippen molar-refractivity contribution in [2.45, 2.75) is 56.3 Å². The van der Waals surface area contributed by atoms with Gasteiger partial charge in [-0.05, 0) is 49.3 Å². The summed E-state index contributed by atoms with van der Waals surface area (Å²) >= 11 is 0. The Morgan fingerprint density at radius 2 is 2.07 bits per heavy atom. The largest absolute Gasteiger partial charge is 0.393 e. The number of hydrazine groups is 1. The third kappa shape index (κ3) is 3.12. The number of rotatable bonds is 4. The first-order chi connectivity index (χ1) is 13.2. The van der Waals surface area contributed by atoms with Crippen LogP contribution in [0.25, 0.3) is 10.9 Å². The number of para-hydroxylation sites is 1. The minimum atomic E-state index is -0.256. The molecule has 2 aliphatic carbocycles. The molecule has 1 amide bonds. The molecule has 27 heavy (non-hydrogen) atoms. The van der Waals surface area contributed by atoms with Gasteiger partial charge in [0.15, 0.2) is 0 Å². The van der Waals surface area contributed by atoms with E-state index in [4.69, 9.17) is 0 Å². The van der Waals surface area contributed by atoms with Gasteiger partial charge >= 0.3 is 0 Å². The molecule has 4 unspecified atom stereocenters. The third-order valence-corrected chi connectivity index (χ3v) is 6.59. The van der Waals surface area contributed by atoms with Crippen LogP contribution in [0.3, 0.4) is 0 Å². The quantitative estimate of drug-likeness (QED) is 0.663. The number of nitrogens with zero attached hydrogens (tertiary/aromatic N) is 1. The normalized spacial score (nSPS) is 33.4. The van der Waals surface area contributed by atoms with Crippen molar-refractivity contribution in [1.29, 1.82) is 0 Å². The Kier molecular flexibility index (Phi) is 4.34. The molecular formula is C21H26N4O2. The number of aliphatic hydroxyl groups is 1. The van der Waals surface area contributed by atoms with Crippen LogP contribution in [0.15, 0.2) is 36.5 Å². The predicted molar refractivity (Wildman–Crippen MR) is 103 cm³/mol. The average Bonchev–Trinajstić information content (AvgIpc) is 3.27. The third-order valence-electron chi connectivity index (χ3n) is 6.59. The van der Waals surface area contributed by atoms with Crippen LogP contribution in [0.2, 0.25) is 0 Å². The molecule has 0 radical (unpaired) electrons. The molecule has 3 aliphatic rings. The first-order valence-electron chi connectivity index (χ1n) is 10.0. The fourth-order valence-corrected chi connectivity index (χ4v) is 5.01. The molecule has 1 aliphatic heterocycles. The monoisotopic (exact) mass is 366 g/mol. The molecule has 142 valence electrons. The van der Waals surface area contributed by atoms with Gasteiger partial charge in [0.2, 0.25) is 5.91 Å². The summed E-state index contributed by atoms with van der Waals surface area (Å²) in [5.74, 6) is 0.671. The lowest BCUT2D eigenvalue weighted by atomic mass is 9.75. The van der Waals surface area contributed by atoms with Crippen LogP contribution in [0.5, 0.6) is 0 Å². The van der Waals surface area contributed by atoms with Gasteiger partial charge in [-0.3, -0.25) is 15.2 Å². The SMILES string of the molecule is O=C(NC(c1cnc2ccccc2c1)C1CC(O)C1)C1NNC2CCCC21. The maximum atomic E-state index is 13.1. The second-order valence-corrected chi connectivity index (χ2v) is 8.30. The lowest BCUT2D eigenvalue weighted by Gasteiger charge is -2.38. The molecule has 5 rings (SSSR count). The zero-order valence-electron chi connectivity index (χ0n) is 15.3. The van der Waals surface area contributed by atoms with E-state index in [-0.39, 0.29) is 30.0 Å². The van der Waals surface area contributed by atoms with Crippen LogP contribution < -0.4 is 16.2 Å². The maximum Gasteiger partial charge on any atom is 0.239 e. The first kappa shape index (κ1) is 17.1. The number of hydrogen-bond acceptors (Lipinski definition) is 5. The maximum absolute atomic E-state index is 13.1. The second-order valence-electron chi connectivity index (χ2n) is 8.30. The highest BCUT2D eigenvalue weighted by atomic mass is 16.3. The van der Waals surface area contributed by atoms with Crippen molar-refractivity contribution >= 4 is 16.8 Å². The number of fused-ring (bicyclic) bond motifs is 2. The second kappa shape index (κ2) is 6.86. The van der Waals surface area contributed by atoms with E-state index in [9.17, 15) is 9.90 Å². The number of carbonyl (C=O) groups is 1. The fourth-order valence-electron chi connectivity index (χ4n) is 5.01. The van der Waals surface area contributed by atoms with Crippen molar-refractivity contribution in [1.82, 2.24) is 21.2 Å². The molecule has 0 spiro atoms. The van der Waals surface area contributed by atoms with E-state index in [1.807, 2.05) is 30.5 Å². The number of benzene rings is 1. The van der Waals surface area contributed by atoms with E-state index in [1.54, 1.807) is 0 Å². The molecule has 2 aromatic rings. The Morgan fingerprint density at radius 3 is 2.93 bits per heavy atom. The van der Waals surface area contributed by atoms with Crippen molar-refractivity contribution in [2.24, 2.45) is 11.8 Å². The molecule has 6 heteroatoms. The van der Waals surface area contributed by atoms with Crippen LogP contribution in [-0.4, -0.2) is 34.2 Å². The van der Waals surface area contributed by atoms with Crippen LogP contribution >= 0.6 is 0 Å². The summed E-state index contributed by atoms with van der Waals surface area (Å²) in [6, 6.07) is 10.3. The molecule has 6 nitrogen and oxygen atoms in total. The van der Waals surface area contributed by atoms with E-state index in [1.165, 1.54) is 6.42 Å². The molecule has 1 saturated heterocycles. The van der Waals surface area contributed by atoms with E-state index >= 15 is 0 Å². The summed E-state index contributed by atoms with van der Waals surface area (Å²) in [7, 11) is 0. The number of aromatic nitrogens is 1. The number of carbonyl (C=O) groups excluding carboxylic acids is 1. The molecule has 3 fully saturated rings. The lowest BCUT2D eigenvalue weighted by Crippen LogP contribution is -2.49. The highest BCUT2D eigenvalue weighted by Gasteiger charge is 2.44. The lowest BCUT2D eigenvalue weighted by molar-refractivity contribution is -0.125. The predicted octanol–water partition coefficient (Wildman–Crippen LogP) is 1.81. The Labute approximate surface area is 158 Å². The summed E-state index contributed by atoms with van der Waals surface area (Å²) in [6.07, 6.45) is 6.47. The molecule has 2 saturated carbocycles. The zero-order valence-corrected chi connectivity index (χ0v) is 15.3. The Hall–Kier alpha value is -2.02. The number of amides is 1. The van der Waals surface area contributed by atoms with Crippen molar-refractivity contribution in [3.8, 4) is 0 Å². The summed E-state index contributed by atoms with van der Waals surface area (Å²) in [6.45, 7) is 0. The summed E-state index contributed by atoms with van der Waals surface area (Å²) < 4.78 is 0. The van der Waals surface area contributed by atoms with Gasteiger partial charge in [-0.2, -0.15) is 0 Å². The molecule has 4 atom stereocenters. The van der Waals surface area contributed by atoms with E-state index in [2.05, 4.69) is 27.2 Å². The van der Waals surface area contributed by atoms with Gasteiger partial charge in [-0.25, -0.2) is 5.43 Å². The number of aliphatic hydroxyl groups excluding tert-OH is 1. The minimum absolute atomic E-state index is 0.0523. The van der Waals surface area contributed by atoms with E-state index in [0.29, 0.717) is 12.0 Å². The Morgan fingerprint density at radius 1 is 1.22 bits per heavy atom.